The van der Waals surface area contributed by atoms with Crippen molar-refractivity contribution >= 4 is 60.8 Å². The van der Waals surface area contributed by atoms with Gasteiger partial charge in [-0.2, -0.15) is 0 Å². The van der Waals surface area contributed by atoms with E-state index in [1.807, 2.05) is 6.08 Å². The Bertz CT molecular complexity index is 3240. The zero-order valence-corrected chi connectivity index (χ0v) is 39.3. The van der Waals surface area contributed by atoms with Crippen LogP contribution in [0.25, 0.3) is 54.6 Å². The summed E-state index contributed by atoms with van der Waals surface area (Å²) < 4.78 is 0. The molecule has 0 aliphatic heterocycles. The molecule has 9 rings (SSSR count). The van der Waals surface area contributed by atoms with Crippen LogP contribution < -0.4 is 9.80 Å². The molecule has 9 aromatic rings. The summed E-state index contributed by atoms with van der Waals surface area (Å²) in [6.07, 6.45) is 9.39. The van der Waals surface area contributed by atoms with Crippen LogP contribution in [0.4, 0.5) is 28.4 Å². The summed E-state index contributed by atoms with van der Waals surface area (Å²) in [7, 11) is 0. The molecular weight excluding hydrogens is 785 g/mol. The topological polar surface area (TPSA) is 6.48 Å². The smallest absolute Gasteiger partial charge is 0.0543 e. The normalized spacial score (nSPS) is 12.1. The predicted octanol–water partition coefficient (Wildman–Crippen LogP) is 18.7. The highest BCUT2D eigenvalue weighted by atomic mass is 15.2. The maximum atomic E-state index is 4.08. The van der Waals surface area contributed by atoms with Gasteiger partial charge in [-0.05, 0) is 165 Å². The molecule has 9 aromatic carbocycles. The molecule has 0 unspecified atom stereocenters. The zero-order chi connectivity index (χ0) is 45.4. The third-order valence-electron chi connectivity index (χ3n) is 13.1. The average molecular weight is 845 g/mol. The lowest BCUT2D eigenvalue weighted by molar-refractivity contribution is 0.875. The van der Waals surface area contributed by atoms with Crippen molar-refractivity contribution in [2.45, 2.75) is 73.6 Å². The highest BCUT2D eigenvalue weighted by Crippen LogP contribution is 2.51. The zero-order valence-electron chi connectivity index (χ0n) is 39.3. The molecule has 2 heteroatoms. The Kier molecular flexibility index (Phi) is 12.0. The minimum atomic E-state index is 0.280. The molecule has 0 N–H and O–H groups in total. The van der Waals surface area contributed by atoms with Gasteiger partial charge in [0.05, 0.1) is 11.4 Å². The number of hydrogen-bond donors (Lipinski definition) is 0. The minimum absolute atomic E-state index is 0.280. The second-order valence-corrected chi connectivity index (χ2v) is 18.2. The molecule has 65 heavy (non-hydrogen) atoms. The first kappa shape index (κ1) is 43.1. The van der Waals surface area contributed by atoms with Gasteiger partial charge in [0, 0.05) is 33.5 Å². The van der Waals surface area contributed by atoms with Crippen molar-refractivity contribution in [3.05, 3.63) is 222 Å². The first-order chi connectivity index (χ1) is 31.6. The highest BCUT2D eigenvalue weighted by molar-refractivity contribution is 6.29. The lowest BCUT2D eigenvalue weighted by Crippen LogP contribution is -2.18. The van der Waals surface area contributed by atoms with Gasteiger partial charge in [-0.15, -0.1) is 0 Å². The Morgan fingerprint density at radius 1 is 0.508 bits per heavy atom. The fraction of sp³-hybridized carbons (Fsp3) is 0.175. The minimum Gasteiger partial charge on any atom is -0.310 e. The second-order valence-electron chi connectivity index (χ2n) is 18.2. The second kappa shape index (κ2) is 18.1. The van der Waals surface area contributed by atoms with Crippen LogP contribution in [0.5, 0.6) is 0 Å². The monoisotopic (exact) mass is 844 g/mol. The number of aryl methyl sites for hydroxylation is 3. The summed E-state index contributed by atoms with van der Waals surface area (Å²) in [6, 6.07) is 58.9. The summed E-state index contributed by atoms with van der Waals surface area (Å²) in [4.78, 5) is 5.03. The van der Waals surface area contributed by atoms with E-state index in [2.05, 4.69) is 248 Å². The number of nitrogens with zero attached hydrogens (tertiary/aromatic N) is 2. The van der Waals surface area contributed by atoms with Gasteiger partial charge in [0.15, 0.2) is 0 Å². The maximum absolute atomic E-state index is 4.08. The molecule has 322 valence electrons. The van der Waals surface area contributed by atoms with Crippen LogP contribution in [-0.4, -0.2) is 0 Å². The van der Waals surface area contributed by atoms with Crippen LogP contribution in [0.3, 0.4) is 0 Å². The van der Waals surface area contributed by atoms with Crippen LogP contribution >= 0.6 is 0 Å². The van der Waals surface area contributed by atoms with Crippen LogP contribution in [0, 0.1) is 20.8 Å². The largest absolute Gasteiger partial charge is 0.310 e. The number of benzene rings is 9. The van der Waals surface area contributed by atoms with Crippen molar-refractivity contribution in [3.63, 3.8) is 0 Å². The van der Waals surface area contributed by atoms with Crippen LogP contribution in [-0.2, 0) is 0 Å². The fourth-order valence-electron chi connectivity index (χ4n) is 9.96. The van der Waals surface area contributed by atoms with E-state index < -0.39 is 0 Å². The lowest BCUT2D eigenvalue weighted by Gasteiger charge is -2.33. The molecule has 0 spiro atoms. The molecule has 0 aliphatic carbocycles. The molecule has 0 aliphatic rings. The van der Waals surface area contributed by atoms with E-state index in [0.29, 0.717) is 0 Å². The summed E-state index contributed by atoms with van der Waals surface area (Å²) in [6.45, 7) is 22.4. The molecular formula is C63H60N2. The van der Waals surface area contributed by atoms with Gasteiger partial charge < -0.3 is 9.80 Å². The van der Waals surface area contributed by atoms with E-state index >= 15 is 0 Å². The van der Waals surface area contributed by atoms with Crippen molar-refractivity contribution in [2.24, 2.45) is 0 Å². The SMILES string of the molecule is C=C/C=C\C(=C/CC)N(c1ccc(-c2ccccc2)cc1C)c1cc(C(C)C)c2ccc3c(N(c4cccc(C)c4)c4ccc(-c5ccccc5)cc4C)cc(C(C)C)c4ccc1c2c43. The standard InChI is InChI=1S/C63H60N2/c1-10-12-26-50(20-11-2)64(58-34-28-48(37-44(58)8)46-22-15-13-16-23-46)60-39-56(41(3)4)52-31-33-55-61(40-57(42(5)6)53-30-32-54(60)62(52)63(53)55)65(51-27-19-21-43(7)36-51)59-35-29-49(38-45(59)9)47-24-17-14-18-25-47/h10,12-42H,1,11H2,2-9H3/b26-12-,50-20+. The first-order valence-electron chi connectivity index (χ1n) is 23.3. The Morgan fingerprint density at radius 2 is 1.03 bits per heavy atom. The van der Waals surface area contributed by atoms with Crippen molar-refractivity contribution in [1.29, 1.82) is 0 Å². The molecule has 0 atom stereocenters. The van der Waals surface area contributed by atoms with E-state index in [1.165, 1.54) is 99.5 Å². The fourth-order valence-corrected chi connectivity index (χ4v) is 9.96. The van der Waals surface area contributed by atoms with Crippen molar-refractivity contribution in [2.75, 3.05) is 9.80 Å². The van der Waals surface area contributed by atoms with E-state index in [-0.39, 0.29) is 11.8 Å². The Morgan fingerprint density at radius 3 is 1.54 bits per heavy atom. The summed E-state index contributed by atoms with van der Waals surface area (Å²) >= 11 is 0. The third kappa shape index (κ3) is 8.04. The number of allylic oxidation sites excluding steroid dienone is 4. The average Bonchev–Trinajstić information content (AvgIpc) is 3.31. The molecule has 0 bridgehead atoms. The lowest BCUT2D eigenvalue weighted by atomic mass is 9.84. The van der Waals surface area contributed by atoms with Crippen molar-refractivity contribution in [3.8, 4) is 22.3 Å². The van der Waals surface area contributed by atoms with Crippen LogP contribution in [0.15, 0.2) is 194 Å². The van der Waals surface area contributed by atoms with Gasteiger partial charge in [0.1, 0.15) is 0 Å². The van der Waals surface area contributed by atoms with Gasteiger partial charge in [-0.25, -0.2) is 0 Å². The predicted molar refractivity (Wildman–Crippen MR) is 284 cm³/mol. The summed E-state index contributed by atoms with van der Waals surface area (Å²) in [5.41, 5.74) is 18.2. The maximum Gasteiger partial charge on any atom is 0.0543 e. The summed E-state index contributed by atoms with van der Waals surface area (Å²) in [5, 5.41) is 7.74. The molecule has 0 aromatic heterocycles. The van der Waals surface area contributed by atoms with Gasteiger partial charge in [0.25, 0.3) is 0 Å². The van der Waals surface area contributed by atoms with Gasteiger partial charge in [-0.1, -0.05) is 169 Å². The quantitative estimate of drug-likeness (QED) is 0.0843. The van der Waals surface area contributed by atoms with E-state index in [1.54, 1.807) is 0 Å². The summed E-state index contributed by atoms with van der Waals surface area (Å²) in [5.74, 6) is 0.566. The van der Waals surface area contributed by atoms with Crippen molar-refractivity contribution < 1.29 is 0 Å². The molecule has 0 saturated carbocycles. The molecule has 0 fully saturated rings. The van der Waals surface area contributed by atoms with Crippen LogP contribution in [0.1, 0.15) is 80.7 Å². The molecule has 0 amide bonds. The third-order valence-corrected chi connectivity index (χ3v) is 13.1. The Labute approximate surface area is 386 Å². The Hall–Kier alpha value is -7.16. The Balaban J connectivity index is 1.37. The highest BCUT2D eigenvalue weighted by Gasteiger charge is 2.27. The van der Waals surface area contributed by atoms with Crippen molar-refractivity contribution in [1.82, 2.24) is 0 Å². The first-order valence-corrected chi connectivity index (χ1v) is 23.3. The number of anilines is 5. The number of hydrogen-bond acceptors (Lipinski definition) is 2. The van der Waals surface area contributed by atoms with Crippen LogP contribution in [0.2, 0.25) is 0 Å². The van der Waals surface area contributed by atoms with Gasteiger partial charge in [-0.3, -0.25) is 0 Å². The number of rotatable bonds is 13. The van der Waals surface area contributed by atoms with E-state index in [9.17, 15) is 0 Å². The molecule has 0 heterocycles. The molecule has 0 radical (unpaired) electrons. The molecule has 2 nitrogen and oxygen atoms in total. The molecule has 0 saturated heterocycles. The van der Waals surface area contributed by atoms with E-state index in [4.69, 9.17) is 0 Å². The van der Waals surface area contributed by atoms with Gasteiger partial charge >= 0.3 is 0 Å². The van der Waals surface area contributed by atoms with Gasteiger partial charge in [0.2, 0.25) is 0 Å². The van der Waals surface area contributed by atoms with E-state index in [0.717, 1.165) is 23.5 Å².